The minimum atomic E-state index is -6.18. The van der Waals surface area contributed by atoms with Crippen molar-refractivity contribution in [3.8, 4) is 10.4 Å². The molecule has 20 nitrogen and oxygen atoms in total. The van der Waals surface area contributed by atoms with Crippen LogP contribution in [0, 0.1) is 23.2 Å². The van der Waals surface area contributed by atoms with E-state index in [2.05, 4.69) is 49.5 Å². The predicted octanol–water partition coefficient (Wildman–Crippen LogP) is 11.7. The van der Waals surface area contributed by atoms with Crippen molar-refractivity contribution in [3.05, 3.63) is 131 Å². The van der Waals surface area contributed by atoms with Gasteiger partial charge in [-0.2, -0.15) is 13.2 Å². The van der Waals surface area contributed by atoms with E-state index in [4.69, 9.17) is 11.6 Å². The number of sulfonamides is 1. The number of β-amino-alcohol motifs (C(OH)–C–C–N with tert-alkyl or cyclic N) is 1. The zero-order valence-corrected chi connectivity index (χ0v) is 64.4. The molecule has 3 saturated carbocycles. The second-order valence-electron chi connectivity index (χ2n) is 31.2. The van der Waals surface area contributed by atoms with Crippen LogP contribution in [-0.4, -0.2) is 188 Å². The molecule has 1 aromatic heterocycles. The number of aromatic nitrogens is 1. The van der Waals surface area contributed by atoms with Crippen molar-refractivity contribution < 1.29 is 59.1 Å². The van der Waals surface area contributed by atoms with Gasteiger partial charge in [-0.15, -0.1) is 34.7 Å². The molecule has 28 heteroatoms. The van der Waals surface area contributed by atoms with Crippen molar-refractivity contribution in [1.82, 2.24) is 39.9 Å². The third-order valence-corrected chi connectivity index (χ3v) is 27.0. The van der Waals surface area contributed by atoms with E-state index in [1.54, 1.807) is 45.0 Å². The highest BCUT2D eigenvalue weighted by Gasteiger charge is 2.69. The number of aliphatic hydroxyl groups excluding tert-OH is 1. The molecule has 7 aliphatic rings. The highest BCUT2D eigenvalue weighted by Crippen LogP contribution is 2.75. The Bertz CT molecular complexity index is 4180. The Kier molecular flexibility index (Phi) is 24.2. The van der Waals surface area contributed by atoms with Crippen LogP contribution < -0.4 is 25.6 Å². The number of nitrogens with zero attached hydrogens (tertiary/aromatic N) is 6. The second-order valence-corrected chi connectivity index (χ2v) is 37.5. The molecule has 1 unspecified atom stereocenters. The molecule has 4 aromatic carbocycles. The summed E-state index contributed by atoms with van der Waals surface area (Å²) in [4.78, 5) is 82.7. The van der Waals surface area contributed by atoms with Gasteiger partial charge in [0, 0.05) is 124 Å². The summed E-state index contributed by atoms with van der Waals surface area (Å²) in [6.07, 6.45) is 7.90. The Morgan fingerprint density at radius 3 is 2.12 bits per heavy atom. The monoisotopic (exact) mass is 1530 g/mol. The fraction of sp³-hybridized carbons (Fsp3) is 0.553. The molecule has 104 heavy (non-hydrogen) atoms. The van der Waals surface area contributed by atoms with E-state index >= 15 is 0 Å². The van der Waals surface area contributed by atoms with E-state index in [1.807, 2.05) is 93.9 Å². The first-order valence-electron chi connectivity index (χ1n) is 36.1. The van der Waals surface area contributed by atoms with Crippen LogP contribution in [0.4, 0.5) is 24.5 Å². The van der Waals surface area contributed by atoms with Crippen molar-refractivity contribution in [2.45, 2.75) is 187 Å². The summed E-state index contributed by atoms with van der Waals surface area (Å²) < 4.78 is 100. The van der Waals surface area contributed by atoms with Gasteiger partial charge in [-0.3, -0.25) is 33.8 Å². The maximum atomic E-state index is 14.6. The third kappa shape index (κ3) is 18.7. The average Bonchev–Trinajstić information content (AvgIpc) is 0.711. The van der Waals surface area contributed by atoms with Crippen LogP contribution in [0.3, 0.4) is 0 Å². The van der Waals surface area contributed by atoms with Crippen LogP contribution in [0.5, 0.6) is 0 Å². The maximum Gasteiger partial charge on any atom is 0.501 e. The Morgan fingerprint density at radius 2 is 1.48 bits per heavy atom. The molecule has 5 atom stereocenters. The molecule has 2 bridgehead atoms. The molecule has 3 aliphatic heterocycles. The Labute approximate surface area is 623 Å². The number of aliphatic hydroxyl groups is 1. The van der Waals surface area contributed by atoms with E-state index < -0.39 is 94.3 Å². The largest absolute Gasteiger partial charge is 0.501 e. The summed E-state index contributed by atoms with van der Waals surface area (Å²) in [5, 5.41) is 19.7. The molecular weight excluding hydrogens is 1430 g/mol. The summed E-state index contributed by atoms with van der Waals surface area (Å²) in [5.74, 6) is -2.08. The van der Waals surface area contributed by atoms with Gasteiger partial charge >= 0.3 is 5.51 Å². The number of carbonyl (C=O) groups excluding carboxylic acids is 5. The number of anilines is 2. The normalized spacial score (nSPS) is 22.6. The number of halogens is 4. The number of hydrogen-bond donors (Lipinski definition) is 5. The molecule has 4 aliphatic carbocycles. The van der Waals surface area contributed by atoms with Gasteiger partial charge in [-0.25, -0.2) is 26.5 Å². The van der Waals surface area contributed by atoms with Gasteiger partial charge < -0.3 is 35.8 Å². The van der Waals surface area contributed by atoms with Crippen molar-refractivity contribution in [1.29, 1.82) is 0 Å². The number of amides is 5. The Hall–Kier alpha value is -6.59. The molecule has 6 fully saturated rings. The summed E-state index contributed by atoms with van der Waals surface area (Å²) >= 11 is 9.68. The number of thioether (sulfide) groups is 1. The van der Waals surface area contributed by atoms with Crippen LogP contribution in [0.15, 0.2) is 128 Å². The van der Waals surface area contributed by atoms with Crippen LogP contribution in [0.2, 0.25) is 0 Å². The van der Waals surface area contributed by atoms with Gasteiger partial charge in [0.15, 0.2) is 0 Å². The topological polar surface area (TPSA) is 251 Å². The van der Waals surface area contributed by atoms with E-state index in [9.17, 15) is 59.1 Å². The lowest BCUT2D eigenvalue weighted by Gasteiger charge is -2.70. The van der Waals surface area contributed by atoms with Gasteiger partial charge in [-0.05, 0) is 154 Å². The van der Waals surface area contributed by atoms with Gasteiger partial charge in [-0.1, -0.05) is 94.7 Å². The Morgan fingerprint density at radius 1 is 0.817 bits per heavy atom. The number of thiazole rings is 1. The van der Waals surface area contributed by atoms with Gasteiger partial charge in [0.2, 0.25) is 23.6 Å². The number of alkyl halides is 4. The average molecular weight is 1530 g/mol. The molecule has 4 heterocycles. The van der Waals surface area contributed by atoms with Crippen molar-refractivity contribution in [3.63, 3.8) is 0 Å². The maximum absolute atomic E-state index is 14.6. The highest BCUT2D eigenvalue weighted by atomic mass is 35.5. The van der Waals surface area contributed by atoms with E-state index in [0.29, 0.717) is 64.5 Å². The fourth-order valence-corrected chi connectivity index (χ4v) is 20.1. The van der Waals surface area contributed by atoms with Crippen LogP contribution in [-0.2, 0) is 39.0 Å². The number of sulfone groups is 1. The number of nitrogens with one attached hydrogen (secondary N) is 4. The number of aryl methyl sites for hydroxylation is 1. The number of piperazine rings is 2. The minimum Gasteiger partial charge on any atom is -0.391 e. The minimum absolute atomic E-state index is 0.00556. The van der Waals surface area contributed by atoms with Crippen LogP contribution in [0.1, 0.15) is 153 Å². The standard InChI is InChI=1S/C76H98ClF3N10O10S4/c1-50(52-18-20-53(21-19-52)67-51(2)81-49-102-67)82-70(95)63-40-58(91)44-90(63)71(96)68(72(3,4)5)84-65(92)16-12-9-13-17-66(93)89-38-32-86(33-39-89)31-29-56(45-101-59-14-10-8-11-15-59)83-62-27-26-60(41-64(62)103(97,98)76(78,79)80)104(99,100)85-69(94)54-22-24-57(25-23-54)88-36-34-87(35-37-88)43-55-28-30-73(6,7)42-61(55)74-46-75(77,47-74)48-74/h8,10-11,14-15,18-27,41,49-50,56,58,63,68,83,91H,9,12-13,16-17,28-40,42-48H2,1-7H3,(H,82,95)(H,84,92)(H,85,94)/t50-,56+,58+,63-,68?,74?,75?/m0/s1. The van der Waals surface area contributed by atoms with E-state index in [-0.39, 0.29) is 64.6 Å². The number of rotatable bonds is 28. The van der Waals surface area contributed by atoms with E-state index in [1.165, 1.54) is 28.8 Å². The zero-order valence-electron chi connectivity index (χ0n) is 60.3. The second kappa shape index (κ2) is 32.1. The molecule has 564 valence electrons. The van der Waals surface area contributed by atoms with Gasteiger partial charge in [0.05, 0.1) is 38.8 Å². The molecular formula is C76H98ClF3N10O10S4. The Balaban J connectivity index is 0.640. The summed E-state index contributed by atoms with van der Waals surface area (Å²) in [6, 6.07) is 22.8. The molecule has 5 N–H and O–H groups in total. The zero-order chi connectivity index (χ0) is 74.7. The predicted molar refractivity (Wildman–Crippen MR) is 401 cm³/mol. The molecule has 5 aromatic rings. The first-order chi connectivity index (χ1) is 49.1. The number of hydrogen-bond acceptors (Lipinski definition) is 17. The number of unbranched alkanes of at least 4 members (excludes halogenated alkanes) is 2. The molecule has 0 radical (unpaired) electrons. The first-order valence-corrected chi connectivity index (χ1v) is 41.3. The number of benzene rings is 4. The van der Waals surface area contributed by atoms with Gasteiger partial charge in [0.1, 0.15) is 17.0 Å². The number of carbonyl (C=O) groups is 5. The van der Waals surface area contributed by atoms with Crippen molar-refractivity contribution >= 4 is 95.5 Å². The van der Waals surface area contributed by atoms with Crippen LogP contribution in [0.25, 0.3) is 10.4 Å². The van der Waals surface area contributed by atoms with Crippen molar-refractivity contribution in [2.24, 2.45) is 16.2 Å². The molecule has 12 rings (SSSR count). The number of likely N-dealkylation sites (tertiary alicyclic amines) is 1. The summed E-state index contributed by atoms with van der Waals surface area (Å²) in [6.45, 7) is 20.2. The molecule has 5 amide bonds. The fourth-order valence-electron chi connectivity index (χ4n) is 15.5. The number of allylic oxidation sites excluding steroid dienone is 1. The van der Waals surface area contributed by atoms with Gasteiger partial charge in [0.25, 0.3) is 25.8 Å². The molecule has 3 saturated heterocycles. The summed E-state index contributed by atoms with van der Waals surface area (Å²) in [7, 11) is -11.1. The lowest BCUT2D eigenvalue weighted by molar-refractivity contribution is -0.144. The van der Waals surface area contributed by atoms with Crippen LogP contribution >= 0.6 is 34.7 Å². The summed E-state index contributed by atoms with van der Waals surface area (Å²) in [5.41, 5.74) is 2.16. The lowest BCUT2D eigenvalue weighted by atomic mass is 9.39. The third-order valence-electron chi connectivity index (χ3n) is 21.6. The highest BCUT2D eigenvalue weighted by molar-refractivity contribution is 7.99. The lowest BCUT2D eigenvalue weighted by Crippen LogP contribution is -2.65. The van der Waals surface area contributed by atoms with E-state index in [0.717, 1.165) is 116 Å². The SMILES string of the molecule is Cc1ncsc1-c1ccc([C@H](C)NC(=O)[C@@H]2C[C@@H](O)CN2C(=O)C(NC(=O)CCCCCC(=O)N2CCN(CC[C@H](CSc3ccccc3)Nc3ccc(S(=O)(=O)NC(=O)c4ccc(N5CCN(CC6=C(C78CC(Cl)(C7)C8)CC(C)(C)CC6)CC5)cc4)cc3S(=O)(=O)C(F)(F)F)CC2)C(C)(C)C)cc1. The first kappa shape index (κ1) is 78.5. The molecule has 0 spiro atoms. The quantitative estimate of drug-likeness (QED) is 0.0135. The van der Waals surface area contributed by atoms with Crippen molar-refractivity contribution in [2.75, 3.05) is 88.0 Å². The smallest absolute Gasteiger partial charge is 0.391 e.